The molecule has 2 N–H and O–H groups in total. The van der Waals surface area contributed by atoms with Gasteiger partial charge in [0, 0.05) is 41.6 Å². The van der Waals surface area contributed by atoms with Gasteiger partial charge < -0.3 is 19.9 Å². The van der Waals surface area contributed by atoms with Crippen LogP contribution in [0.25, 0.3) is 10.9 Å². The van der Waals surface area contributed by atoms with Crippen molar-refractivity contribution >= 4 is 34.0 Å². The Morgan fingerprint density at radius 1 is 1.10 bits per heavy atom. The van der Waals surface area contributed by atoms with Gasteiger partial charge in [-0.3, -0.25) is 9.59 Å². The average molecular weight is 391 g/mol. The molecular formula is C23H25N3O3. The number of hydrogen-bond acceptors (Lipinski definition) is 4. The number of fused-ring (bicyclic) bond motifs is 1. The minimum atomic E-state index is -0.659. The Morgan fingerprint density at radius 3 is 2.52 bits per heavy atom. The van der Waals surface area contributed by atoms with Crippen molar-refractivity contribution < 1.29 is 14.3 Å². The molecule has 1 saturated heterocycles. The van der Waals surface area contributed by atoms with Gasteiger partial charge in [-0.15, -0.1) is 0 Å². The molecule has 150 valence electrons. The van der Waals surface area contributed by atoms with Crippen LogP contribution in [0.2, 0.25) is 0 Å². The zero-order chi connectivity index (χ0) is 20.4. The molecule has 1 aliphatic rings. The van der Waals surface area contributed by atoms with Gasteiger partial charge in [-0.1, -0.05) is 6.92 Å². The number of hydrogen-bond donors (Lipinski definition) is 2. The topological polar surface area (TPSA) is 74.4 Å². The van der Waals surface area contributed by atoms with E-state index in [9.17, 15) is 9.59 Å². The lowest BCUT2D eigenvalue weighted by atomic mass is 9.99. The van der Waals surface area contributed by atoms with Crippen LogP contribution in [0.5, 0.6) is 5.75 Å². The van der Waals surface area contributed by atoms with Crippen LogP contribution in [0, 0.1) is 5.92 Å². The van der Waals surface area contributed by atoms with E-state index in [0.29, 0.717) is 22.4 Å². The van der Waals surface area contributed by atoms with Gasteiger partial charge in [0.15, 0.2) is 0 Å². The van der Waals surface area contributed by atoms with Crippen LogP contribution in [0.3, 0.4) is 0 Å². The maximum Gasteiger partial charge on any atom is 0.296 e. The monoisotopic (exact) mass is 391 g/mol. The number of aromatic nitrogens is 1. The first-order valence-corrected chi connectivity index (χ1v) is 9.91. The van der Waals surface area contributed by atoms with Crippen LogP contribution < -0.4 is 15.0 Å². The number of carbonyl (C=O) groups is 2. The Balaban J connectivity index is 1.46. The Labute approximate surface area is 169 Å². The van der Waals surface area contributed by atoms with Crippen molar-refractivity contribution in [3.05, 3.63) is 54.2 Å². The largest absolute Gasteiger partial charge is 0.497 e. The van der Waals surface area contributed by atoms with Crippen molar-refractivity contribution in [2.24, 2.45) is 5.92 Å². The molecule has 0 bridgehead atoms. The number of rotatable bonds is 5. The van der Waals surface area contributed by atoms with Crippen LogP contribution in [-0.2, 0) is 4.79 Å². The fraction of sp³-hybridized carbons (Fsp3) is 0.304. The van der Waals surface area contributed by atoms with E-state index in [4.69, 9.17) is 4.74 Å². The number of amides is 1. The zero-order valence-corrected chi connectivity index (χ0v) is 16.7. The highest BCUT2D eigenvalue weighted by Crippen LogP contribution is 2.26. The number of methoxy groups -OCH3 is 1. The number of anilines is 2. The van der Waals surface area contributed by atoms with Crippen molar-refractivity contribution in [2.75, 3.05) is 30.4 Å². The number of H-pyrrole nitrogens is 1. The average Bonchev–Trinajstić information content (AvgIpc) is 3.17. The molecule has 0 spiro atoms. The third kappa shape index (κ3) is 3.97. The number of piperidine rings is 1. The highest BCUT2D eigenvalue weighted by molar-refractivity contribution is 6.48. The first kappa shape index (κ1) is 19.1. The Kier molecular flexibility index (Phi) is 5.25. The maximum absolute atomic E-state index is 12.7. The van der Waals surface area contributed by atoms with Crippen molar-refractivity contribution in [2.45, 2.75) is 19.8 Å². The van der Waals surface area contributed by atoms with E-state index in [1.165, 1.54) is 12.8 Å². The molecule has 1 amide bonds. The summed E-state index contributed by atoms with van der Waals surface area (Å²) in [7, 11) is 1.57. The molecule has 6 heteroatoms. The molecule has 0 aliphatic carbocycles. The van der Waals surface area contributed by atoms with Gasteiger partial charge in [0.05, 0.1) is 12.7 Å². The summed E-state index contributed by atoms with van der Waals surface area (Å²) in [5.74, 6) is 0.168. The SMILES string of the molecule is COc1ccc2[nH]cc(C(=O)C(=O)Nc3ccc(N4CCC(C)CC4)cc3)c2c1. The Hall–Kier alpha value is -3.28. The lowest BCUT2D eigenvalue weighted by Gasteiger charge is -2.32. The highest BCUT2D eigenvalue weighted by Gasteiger charge is 2.21. The lowest BCUT2D eigenvalue weighted by Crippen LogP contribution is -2.32. The van der Waals surface area contributed by atoms with E-state index in [2.05, 4.69) is 22.1 Å². The zero-order valence-electron chi connectivity index (χ0n) is 16.7. The van der Waals surface area contributed by atoms with Crippen LogP contribution in [0.1, 0.15) is 30.1 Å². The fourth-order valence-corrected chi connectivity index (χ4v) is 3.75. The second-order valence-corrected chi connectivity index (χ2v) is 7.61. The van der Waals surface area contributed by atoms with Crippen LogP contribution >= 0.6 is 0 Å². The molecular weight excluding hydrogens is 366 g/mol. The number of ether oxygens (including phenoxy) is 1. The molecule has 3 aromatic rings. The van der Waals surface area contributed by atoms with Gasteiger partial charge in [0.25, 0.3) is 11.7 Å². The third-order valence-electron chi connectivity index (χ3n) is 5.61. The number of nitrogens with one attached hydrogen (secondary N) is 2. The van der Waals surface area contributed by atoms with E-state index in [-0.39, 0.29) is 0 Å². The summed E-state index contributed by atoms with van der Waals surface area (Å²) in [6.45, 7) is 4.39. The van der Waals surface area contributed by atoms with Crippen molar-refractivity contribution in [3.63, 3.8) is 0 Å². The van der Waals surface area contributed by atoms with Gasteiger partial charge in [0.1, 0.15) is 5.75 Å². The summed E-state index contributed by atoms with van der Waals surface area (Å²) >= 11 is 0. The van der Waals surface area contributed by atoms with Gasteiger partial charge in [-0.05, 0) is 61.2 Å². The maximum atomic E-state index is 12.7. The van der Waals surface area contributed by atoms with Gasteiger partial charge in [-0.2, -0.15) is 0 Å². The molecule has 2 heterocycles. The molecule has 1 aliphatic heterocycles. The second-order valence-electron chi connectivity index (χ2n) is 7.61. The third-order valence-corrected chi connectivity index (χ3v) is 5.61. The predicted octanol–water partition coefficient (Wildman–Crippen LogP) is 4.23. The normalized spacial score (nSPS) is 14.8. The fourth-order valence-electron chi connectivity index (χ4n) is 3.75. The van der Waals surface area contributed by atoms with Crippen molar-refractivity contribution in [1.29, 1.82) is 0 Å². The van der Waals surface area contributed by atoms with E-state index in [0.717, 1.165) is 30.2 Å². The summed E-state index contributed by atoms with van der Waals surface area (Å²) < 4.78 is 5.22. The molecule has 0 radical (unpaired) electrons. The van der Waals surface area contributed by atoms with E-state index in [1.54, 1.807) is 25.4 Å². The molecule has 1 aromatic heterocycles. The number of Topliss-reactive ketones (excluding diaryl/α,β-unsaturated/α-hetero) is 1. The highest BCUT2D eigenvalue weighted by atomic mass is 16.5. The molecule has 1 fully saturated rings. The van der Waals surface area contributed by atoms with Gasteiger partial charge in [-0.25, -0.2) is 0 Å². The van der Waals surface area contributed by atoms with Crippen LogP contribution in [0.15, 0.2) is 48.7 Å². The number of carbonyl (C=O) groups excluding carboxylic acids is 2. The van der Waals surface area contributed by atoms with Crippen LogP contribution in [0.4, 0.5) is 11.4 Å². The molecule has 29 heavy (non-hydrogen) atoms. The summed E-state index contributed by atoms with van der Waals surface area (Å²) in [6, 6.07) is 13.0. The summed E-state index contributed by atoms with van der Waals surface area (Å²) in [5.41, 5.74) is 2.86. The smallest absolute Gasteiger partial charge is 0.296 e. The van der Waals surface area contributed by atoms with E-state index in [1.807, 2.05) is 30.3 Å². The van der Waals surface area contributed by atoms with Crippen molar-refractivity contribution in [1.82, 2.24) is 4.98 Å². The Morgan fingerprint density at radius 2 is 1.83 bits per heavy atom. The quantitative estimate of drug-likeness (QED) is 0.504. The molecule has 0 atom stereocenters. The molecule has 0 unspecified atom stereocenters. The first-order valence-electron chi connectivity index (χ1n) is 9.91. The summed E-state index contributed by atoms with van der Waals surface area (Å²) in [4.78, 5) is 30.6. The summed E-state index contributed by atoms with van der Waals surface area (Å²) in [6.07, 6.45) is 3.96. The van der Waals surface area contributed by atoms with E-state index < -0.39 is 11.7 Å². The first-order chi connectivity index (χ1) is 14.0. The van der Waals surface area contributed by atoms with Crippen LogP contribution in [-0.4, -0.2) is 36.9 Å². The molecule has 4 rings (SSSR count). The predicted molar refractivity (Wildman–Crippen MR) is 115 cm³/mol. The molecule has 6 nitrogen and oxygen atoms in total. The van der Waals surface area contributed by atoms with Crippen molar-refractivity contribution in [3.8, 4) is 5.75 Å². The van der Waals surface area contributed by atoms with E-state index >= 15 is 0 Å². The Bertz CT molecular complexity index is 1030. The number of benzene rings is 2. The molecule has 2 aromatic carbocycles. The standard InChI is InChI=1S/C23H25N3O3/c1-15-9-11-26(12-10-15)17-5-3-16(4-6-17)25-23(28)22(27)20-14-24-21-8-7-18(29-2)13-19(20)21/h3-8,13-15,24H,9-12H2,1-2H3,(H,25,28). The lowest BCUT2D eigenvalue weighted by molar-refractivity contribution is -0.112. The minimum absolute atomic E-state index is 0.329. The van der Waals surface area contributed by atoms with Gasteiger partial charge in [0.2, 0.25) is 0 Å². The number of ketones is 1. The van der Waals surface area contributed by atoms with Gasteiger partial charge >= 0.3 is 0 Å². The minimum Gasteiger partial charge on any atom is -0.497 e. The number of aromatic amines is 1. The second kappa shape index (κ2) is 7.99. The summed E-state index contributed by atoms with van der Waals surface area (Å²) in [5, 5.41) is 3.37. The number of nitrogens with zero attached hydrogens (tertiary/aromatic N) is 1. The molecule has 0 saturated carbocycles.